The number of guanidine groups is 1. The van der Waals surface area contributed by atoms with Crippen LogP contribution in [0.3, 0.4) is 0 Å². The summed E-state index contributed by atoms with van der Waals surface area (Å²) in [4.78, 5) is 38.7. The second-order valence-corrected chi connectivity index (χ2v) is 8.72. The van der Waals surface area contributed by atoms with E-state index in [4.69, 9.17) is 34.3 Å². The number of Topliss-reactive ketones (excluding diaryl/α,β-unsaturated/α-hetero) is 1. The lowest BCUT2D eigenvalue weighted by Crippen LogP contribution is -2.47. The molecular weight excluding hydrogens is 457 g/mol. The van der Waals surface area contributed by atoms with Gasteiger partial charge >= 0.3 is 5.97 Å². The minimum atomic E-state index is -1.18. The number of carboxylic acids is 1. The van der Waals surface area contributed by atoms with E-state index in [1.165, 1.54) is 0 Å². The third-order valence-electron chi connectivity index (χ3n) is 5.25. The molecule has 1 aliphatic rings. The number of rotatable bonds is 11. The number of nitrogens with two attached hydrogens (primary N) is 1. The van der Waals surface area contributed by atoms with Crippen LogP contribution < -0.4 is 16.4 Å². The summed E-state index contributed by atoms with van der Waals surface area (Å²) in [6, 6.07) is 3.71. The lowest BCUT2D eigenvalue weighted by atomic mass is 9.95. The summed E-state index contributed by atoms with van der Waals surface area (Å²) in [5.41, 5.74) is 6.07. The van der Waals surface area contributed by atoms with Gasteiger partial charge in [0.05, 0.1) is 12.5 Å². The van der Waals surface area contributed by atoms with Crippen molar-refractivity contribution in [3.63, 3.8) is 0 Å². The topological polar surface area (TPSA) is 149 Å². The predicted octanol–water partition coefficient (Wildman–Crippen LogP) is 2.14. The lowest BCUT2D eigenvalue weighted by Gasteiger charge is -2.34. The minimum absolute atomic E-state index is 0.153. The zero-order chi connectivity index (χ0) is 23.7. The predicted molar refractivity (Wildman–Crippen MR) is 123 cm³/mol. The Bertz CT molecular complexity index is 831. The van der Waals surface area contributed by atoms with Gasteiger partial charge in [-0.3, -0.25) is 19.9 Å². The molecule has 11 heteroatoms. The molecule has 0 aromatic heterocycles. The summed E-state index contributed by atoms with van der Waals surface area (Å²) in [6.45, 7) is 1.51. The van der Waals surface area contributed by atoms with E-state index in [0.717, 1.165) is 18.4 Å². The maximum absolute atomic E-state index is 12.9. The average Bonchev–Trinajstić information content (AvgIpc) is 2.69. The zero-order valence-corrected chi connectivity index (χ0v) is 19.2. The normalized spacial score (nSPS) is 17.4. The van der Waals surface area contributed by atoms with Crippen LogP contribution in [0.2, 0.25) is 10.0 Å². The molecule has 0 bridgehead atoms. The first-order valence-corrected chi connectivity index (χ1v) is 11.2. The van der Waals surface area contributed by atoms with Crippen molar-refractivity contribution in [2.75, 3.05) is 13.1 Å². The number of carbonyl (C=O) groups excluding carboxylic acids is 2. The molecule has 0 saturated carbocycles. The van der Waals surface area contributed by atoms with Crippen LogP contribution in [0.15, 0.2) is 18.2 Å². The maximum atomic E-state index is 12.9. The molecule has 2 rings (SSSR count). The molecule has 1 aromatic carbocycles. The molecule has 1 aliphatic heterocycles. The van der Waals surface area contributed by atoms with Crippen LogP contribution in [0.25, 0.3) is 0 Å². The van der Waals surface area contributed by atoms with E-state index in [0.29, 0.717) is 42.5 Å². The first-order chi connectivity index (χ1) is 15.2. The highest BCUT2D eigenvalue weighted by Gasteiger charge is 2.30. The van der Waals surface area contributed by atoms with Gasteiger partial charge < -0.3 is 21.5 Å². The van der Waals surface area contributed by atoms with Crippen LogP contribution in [0.5, 0.6) is 0 Å². The Balaban J connectivity index is 1.93. The van der Waals surface area contributed by atoms with Crippen LogP contribution in [-0.4, -0.2) is 58.8 Å². The number of nitrogens with one attached hydrogen (secondary N) is 3. The van der Waals surface area contributed by atoms with Crippen LogP contribution in [0.1, 0.15) is 44.1 Å². The van der Waals surface area contributed by atoms with Crippen molar-refractivity contribution in [2.45, 2.75) is 57.2 Å². The van der Waals surface area contributed by atoms with Gasteiger partial charge in [-0.1, -0.05) is 29.6 Å². The van der Waals surface area contributed by atoms with Gasteiger partial charge in [0.25, 0.3) is 0 Å². The molecule has 1 aromatic rings. The van der Waals surface area contributed by atoms with Crippen molar-refractivity contribution in [1.29, 1.82) is 5.41 Å². The van der Waals surface area contributed by atoms with Crippen molar-refractivity contribution >= 4 is 46.8 Å². The quantitative estimate of drug-likeness (QED) is 0.139. The molecule has 6 N–H and O–H groups in total. The summed E-state index contributed by atoms with van der Waals surface area (Å²) in [7, 11) is 0. The van der Waals surface area contributed by atoms with Crippen LogP contribution in [-0.2, 0) is 20.9 Å². The Kier molecular flexibility index (Phi) is 10.2. The molecule has 9 nitrogen and oxygen atoms in total. The molecule has 1 heterocycles. The van der Waals surface area contributed by atoms with Gasteiger partial charge in [0.1, 0.15) is 6.04 Å². The fourth-order valence-corrected chi connectivity index (χ4v) is 4.36. The largest absolute Gasteiger partial charge is 0.480 e. The molecule has 1 amide bonds. The summed E-state index contributed by atoms with van der Waals surface area (Å²) in [5, 5.41) is 22.5. The maximum Gasteiger partial charge on any atom is 0.326 e. The summed E-state index contributed by atoms with van der Waals surface area (Å²) in [5.74, 6) is -2.23. The van der Waals surface area contributed by atoms with Gasteiger partial charge in [-0.05, 0) is 56.0 Å². The van der Waals surface area contributed by atoms with Gasteiger partial charge in [0, 0.05) is 23.1 Å². The fourth-order valence-electron chi connectivity index (χ4n) is 3.79. The van der Waals surface area contributed by atoms with E-state index in [1.807, 2.05) is 4.90 Å². The number of aliphatic carboxylic acids is 1. The van der Waals surface area contributed by atoms with Crippen LogP contribution in [0, 0.1) is 5.41 Å². The second-order valence-electron chi connectivity index (χ2n) is 7.84. The number of carbonyl (C=O) groups is 3. The number of piperidine rings is 1. The third-order valence-corrected chi connectivity index (χ3v) is 5.68. The Labute approximate surface area is 197 Å². The molecular formula is C21H29Cl2N5O4. The number of amides is 1. The van der Waals surface area contributed by atoms with Crippen LogP contribution in [0.4, 0.5) is 0 Å². The number of hydrogen-bond donors (Lipinski definition) is 5. The standard InChI is InChI=1S/C21H29Cl2N5O4/c22-14-8-13(9-15(23)10-14)12-28-7-2-1-5-17(28)18(29)11-19(30)27-16(20(31)32)4-3-6-26-21(24)25/h8-10,16-17H,1-7,11-12H2,(H,27,30)(H,31,32)(H4,24,25,26). The molecule has 1 saturated heterocycles. The number of hydrogen-bond acceptors (Lipinski definition) is 5. The molecule has 0 spiro atoms. The number of nitrogens with zero attached hydrogens (tertiary/aromatic N) is 1. The molecule has 2 unspecified atom stereocenters. The first-order valence-electron chi connectivity index (χ1n) is 10.5. The van der Waals surface area contributed by atoms with Crippen molar-refractivity contribution < 1.29 is 19.5 Å². The van der Waals surface area contributed by atoms with Crippen molar-refractivity contribution in [1.82, 2.24) is 15.5 Å². The van der Waals surface area contributed by atoms with Crippen molar-refractivity contribution in [2.24, 2.45) is 5.73 Å². The number of benzene rings is 1. The molecule has 32 heavy (non-hydrogen) atoms. The molecule has 1 fully saturated rings. The summed E-state index contributed by atoms with van der Waals surface area (Å²) < 4.78 is 0. The second kappa shape index (κ2) is 12.6. The van der Waals surface area contributed by atoms with E-state index >= 15 is 0 Å². The number of likely N-dealkylation sites (tertiary alicyclic amines) is 1. The van der Waals surface area contributed by atoms with Crippen molar-refractivity contribution in [3.8, 4) is 0 Å². The Morgan fingerprint density at radius 1 is 1.22 bits per heavy atom. The third kappa shape index (κ3) is 8.64. The molecule has 0 aliphatic carbocycles. The van der Waals surface area contributed by atoms with Crippen molar-refractivity contribution in [3.05, 3.63) is 33.8 Å². The highest BCUT2D eigenvalue weighted by molar-refractivity contribution is 6.34. The van der Waals surface area contributed by atoms with Gasteiger partial charge in [0.2, 0.25) is 5.91 Å². The molecule has 2 atom stereocenters. The number of halogens is 2. The van der Waals surface area contributed by atoms with Crippen LogP contribution >= 0.6 is 23.2 Å². The average molecular weight is 486 g/mol. The molecule has 176 valence electrons. The monoisotopic (exact) mass is 485 g/mol. The highest BCUT2D eigenvalue weighted by atomic mass is 35.5. The number of ketones is 1. The fraction of sp³-hybridized carbons (Fsp3) is 0.524. The zero-order valence-electron chi connectivity index (χ0n) is 17.7. The Hall–Kier alpha value is -2.36. The van der Waals surface area contributed by atoms with E-state index in [2.05, 4.69) is 10.6 Å². The van der Waals surface area contributed by atoms with Gasteiger partial charge in [0.15, 0.2) is 11.7 Å². The van der Waals surface area contributed by atoms with E-state index in [-0.39, 0.29) is 24.6 Å². The van der Waals surface area contributed by atoms with E-state index < -0.39 is 24.0 Å². The Morgan fingerprint density at radius 3 is 2.53 bits per heavy atom. The summed E-state index contributed by atoms with van der Waals surface area (Å²) in [6.07, 6.45) is 2.63. The SMILES string of the molecule is N=C(N)NCCCC(NC(=O)CC(=O)C1CCCCN1Cc1cc(Cl)cc(Cl)c1)C(=O)O. The van der Waals surface area contributed by atoms with E-state index in [1.54, 1.807) is 18.2 Å². The van der Waals surface area contributed by atoms with Gasteiger partial charge in [-0.25, -0.2) is 4.79 Å². The van der Waals surface area contributed by atoms with E-state index in [9.17, 15) is 19.5 Å². The van der Waals surface area contributed by atoms with Gasteiger partial charge in [-0.15, -0.1) is 0 Å². The number of carboxylic acid groups (broad SMARTS) is 1. The highest BCUT2D eigenvalue weighted by Crippen LogP contribution is 2.25. The Morgan fingerprint density at radius 2 is 1.91 bits per heavy atom. The lowest BCUT2D eigenvalue weighted by molar-refractivity contribution is -0.143. The first kappa shape index (κ1) is 25.9. The summed E-state index contributed by atoms with van der Waals surface area (Å²) >= 11 is 12.2. The van der Waals surface area contributed by atoms with Gasteiger partial charge in [-0.2, -0.15) is 0 Å². The molecule has 0 radical (unpaired) electrons. The smallest absolute Gasteiger partial charge is 0.326 e. The minimum Gasteiger partial charge on any atom is -0.480 e.